The van der Waals surface area contributed by atoms with E-state index in [9.17, 15) is 9.59 Å². The lowest BCUT2D eigenvalue weighted by Gasteiger charge is -2.14. The summed E-state index contributed by atoms with van der Waals surface area (Å²) in [7, 11) is 0. The zero-order valence-corrected chi connectivity index (χ0v) is 20.6. The Morgan fingerprint density at radius 2 is 1.94 bits per heavy atom. The molecule has 0 saturated carbocycles. The highest BCUT2D eigenvalue weighted by Crippen LogP contribution is 2.32. The number of amides is 2. The summed E-state index contributed by atoms with van der Waals surface area (Å²) in [6, 6.07) is 9.34. The number of nitrogens with zero attached hydrogens (tertiary/aromatic N) is 3. The first kappa shape index (κ1) is 24.0. The third-order valence-corrected chi connectivity index (χ3v) is 5.93. The van der Waals surface area contributed by atoms with Crippen LogP contribution in [0.4, 0.5) is 5.69 Å². The Hall–Kier alpha value is -3.11. The first-order chi connectivity index (χ1) is 16.4. The van der Waals surface area contributed by atoms with E-state index in [1.807, 2.05) is 5.38 Å². The van der Waals surface area contributed by atoms with Crippen molar-refractivity contribution in [2.75, 3.05) is 11.9 Å². The van der Waals surface area contributed by atoms with Gasteiger partial charge < -0.3 is 15.4 Å². The Bertz CT molecular complexity index is 1360. The molecule has 0 atom stereocenters. The number of anilines is 1. The van der Waals surface area contributed by atoms with E-state index in [-0.39, 0.29) is 43.7 Å². The van der Waals surface area contributed by atoms with E-state index >= 15 is 0 Å². The van der Waals surface area contributed by atoms with Crippen LogP contribution in [0.15, 0.2) is 53.4 Å². The zero-order chi connectivity index (χ0) is 24.2. The Morgan fingerprint density at radius 3 is 2.65 bits per heavy atom. The summed E-state index contributed by atoms with van der Waals surface area (Å²) in [4.78, 5) is 30.2. The normalized spacial score (nSPS) is 10.7. The van der Waals surface area contributed by atoms with Crippen LogP contribution in [0.1, 0.15) is 27.8 Å². The van der Waals surface area contributed by atoms with E-state index in [1.165, 1.54) is 40.4 Å². The van der Waals surface area contributed by atoms with Crippen LogP contribution in [0.25, 0.3) is 5.82 Å². The predicted octanol–water partition coefficient (Wildman–Crippen LogP) is 6.08. The lowest BCUT2D eigenvalue weighted by Crippen LogP contribution is -2.25. The van der Waals surface area contributed by atoms with Crippen LogP contribution >= 0.6 is 46.1 Å². The number of thiophene rings is 1. The summed E-state index contributed by atoms with van der Waals surface area (Å²) in [5.41, 5.74) is 0.269. The molecule has 3 heterocycles. The molecule has 0 radical (unpaired) electrons. The third kappa shape index (κ3) is 5.18. The van der Waals surface area contributed by atoms with Gasteiger partial charge in [0.05, 0.1) is 21.3 Å². The van der Waals surface area contributed by atoms with E-state index < -0.39 is 11.8 Å². The van der Waals surface area contributed by atoms with Gasteiger partial charge in [0.25, 0.3) is 11.8 Å². The summed E-state index contributed by atoms with van der Waals surface area (Å²) in [5, 5.41) is 14.0. The molecule has 2 amide bonds. The molecule has 34 heavy (non-hydrogen) atoms. The molecule has 3 aromatic heterocycles. The number of hydrogen-bond acceptors (Lipinski definition) is 6. The van der Waals surface area contributed by atoms with Crippen LogP contribution in [0.5, 0.6) is 11.6 Å². The van der Waals surface area contributed by atoms with Crippen molar-refractivity contribution >= 4 is 63.6 Å². The fourth-order valence-corrected chi connectivity index (χ4v) is 4.30. The number of ether oxygens (including phenoxy) is 1. The Balaban J connectivity index is 1.76. The van der Waals surface area contributed by atoms with Crippen LogP contribution in [-0.2, 0) is 0 Å². The molecular weight excluding hydrogens is 521 g/mol. The van der Waals surface area contributed by atoms with Gasteiger partial charge in [-0.1, -0.05) is 34.8 Å². The molecule has 0 bridgehead atoms. The van der Waals surface area contributed by atoms with Crippen molar-refractivity contribution in [2.24, 2.45) is 0 Å². The third-order valence-electron chi connectivity index (χ3n) is 4.45. The van der Waals surface area contributed by atoms with Gasteiger partial charge in [-0.05, 0) is 42.6 Å². The summed E-state index contributed by atoms with van der Waals surface area (Å²) in [6.45, 7) is 2.15. The van der Waals surface area contributed by atoms with Crippen molar-refractivity contribution in [3.8, 4) is 17.4 Å². The number of benzene rings is 1. The second kappa shape index (κ2) is 10.4. The fourth-order valence-electron chi connectivity index (χ4n) is 3.01. The number of rotatable bonds is 7. The van der Waals surface area contributed by atoms with Crippen molar-refractivity contribution in [1.29, 1.82) is 0 Å². The molecule has 174 valence electrons. The van der Waals surface area contributed by atoms with Crippen LogP contribution in [0, 0.1) is 0 Å². The molecule has 1 aromatic carbocycles. The number of nitrogens with one attached hydrogen (secondary N) is 2. The van der Waals surface area contributed by atoms with Crippen molar-refractivity contribution < 1.29 is 14.3 Å². The molecule has 0 spiro atoms. The SMILES string of the molecule is CCNC(=O)c1cc(Cl)cc(Cl)c1NC(=O)c1cc(Oc2ccsc2)nn1-c1ncccc1Cl. The maximum Gasteiger partial charge on any atom is 0.274 e. The average molecular weight is 537 g/mol. The summed E-state index contributed by atoms with van der Waals surface area (Å²) in [6.07, 6.45) is 1.52. The first-order valence-electron chi connectivity index (χ1n) is 9.87. The predicted molar refractivity (Wildman–Crippen MR) is 133 cm³/mol. The van der Waals surface area contributed by atoms with Crippen LogP contribution in [-0.4, -0.2) is 33.1 Å². The lowest BCUT2D eigenvalue weighted by molar-refractivity contribution is 0.0956. The van der Waals surface area contributed by atoms with Gasteiger partial charge >= 0.3 is 0 Å². The number of carbonyl (C=O) groups is 2. The topological polar surface area (TPSA) is 98.1 Å². The molecule has 2 N–H and O–H groups in total. The second-order valence-corrected chi connectivity index (χ2v) is 8.80. The van der Waals surface area contributed by atoms with Gasteiger partial charge in [-0.2, -0.15) is 0 Å². The maximum atomic E-state index is 13.4. The van der Waals surface area contributed by atoms with Gasteiger partial charge in [0.1, 0.15) is 11.4 Å². The minimum Gasteiger partial charge on any atom is -0.437 e. The molecular formula is C22H16Cl3N5O3S. The fraction of sp³-hybridized carbons (Fsp3) is 0.0909. The smallest absolute Gasteiger partial charge is 0.274 e. The molecule has 4 rings (SSSR count). The lowest BCUT2D eigenvalue weighted by atomic mass is 10.1. The van der Waals surface area contributed by atoms with E-state index in [0.717, 1.165) is 0 Å². The Kier molecular flexibility index (Phi) is 7.38. The van der Waals surface area contributed by atoms with Crippen LogP contribution in [0.2, 0.25) is 15.1 Å². The number of carbonyl (C=O) groups excluding carboxylic acids is 2. The highest BCUT2D eigenvalue weighted by atomic mass is 35.5. The maximum absolute atomic E-state index is 13.4. The molecule has 0 unspecified atom stereocenters. The van der Waals surface area contributed by atoms with Crippen LogP contribution in [0.3, 0.4) is 0 Å². The van der Waals surface area contributed by atoms with Gasteiger partial charge in [-0.25, -0.2) is 9.67 Å². The highest BCUT2D eigenvalue weighted by Gasteiger charge is 2.24. The molecule has 12 heteroatoms. The zero-order valence-electron chi connectivity index (χ0n) is 17.5. The molecule has 0 aliphatic rings. The average Bonchev–Trinajstić information content (AvgIpc) is 3.46. The van der Waals surface area contributed by atoms with E-state index in [4.69, 9.17) is 39.5 Å². The molecule has 0 aliphatic carbocycles. The Labute approximate surface area is 213 Å². The first-order valence-corrected chi connectivity index (χ1v) is 11.9. The summed E-state index contributed by atoms with van der Waals surface area (Å²) < 4.78 is 7.01. The standard InChI is InChI=1S/C22H16Cl3N5O3S/c1-2-26-21(31)14-8-12(23)9-16(25)19(14)28-22(32)17-10-18(33-13-5-7-34-11-13)29-30(17)20-15(24)4-3-6-27-20/h3-11H,2H2,1H3,(H,26,31)(H,28,32). The summed E-state index contributed by atoms with van der Waals surface area (Å²) >= 11 is 20.2. The van der Waals surface area contributed by atoms with Crippen molar-refractivity contribution in [2.45, 2.75) is 6.92 Å². The number of hydrogen-bond donors (Lipinski definition) is 2. The molecule has 0 aliphatic heterocycles. The van der Waals surface area contributed by atoms with E-state index in [0.29, 0.717) is 12.3 Å². The number of aromatic nitrogens is 3. The van der Waals surface area contributed by atoms with Gasteiger partial charge in [0.2, 0.25) is 5.88 Å². The highest BCUT2D eigenvalue weighted by molar-refractivity contribution is 7.08. The van der Waals surface area contributed by atoms with E-state index in [2.05, 4.69) is 20.7 Å². The Morgan fingerprint density at radius 1 is 1.12 bits per heavy atom. The minimum absolute atomic E-state index is 0.0543. The largest absolute Gasteiger partial charge is 0.437 e. The van der Waals surface area contributed by atoms with Crippen molar-refractivity contribution in [3.63, 3.8) is 0 Å². The second-order valence-electron chi connectivity index (χ2n) is 6.77. The van der Waals surface area contributed by atoms with Gasteiger partial charge in [-0.3, -0.25) is 9.59 Å². The van der Waals surface area contributed by atoms with Gasteiger partial charge in [0.15, 0.2) is 5.82 Å². The van der Waals surface area contributed by atoms with Crippen LogP contribution < -0.4 is 15.4 Å². The molecule has 0 saturated heterocycles. The van der Waals surface area contributed by atoms with Crippen molar-refractivity contribution in [1.82, 2.24) is 20.1 Å². The molecule has 0 fully saturated rings. The minimum atomic E-state index is -0.621. The number of pyridine rings is 1. The van der Waals surface area contributed by atoms with E-state index in [1.54, 1.807) is 30.5 Å². The quantitative estimate of drug-likeness (QED) is 0.298. The van der Waals surface area contributed by atoms with Gasteiger partial charge in [0, 0.05) is 29.2 Å². The molecule has 4 aromatic rings. The molecule has 8 nitrogen and oxygen atoms in total. The monoisotopic (exact) mass is 535 g/mol. The number of halogens is 3. The summed E-state index contributed by atoms with van der Waals surface area (Å²) in [5.74, 6) is -0.126. The van der Waals surface area contributed by atoms with Crippen molar-refractivity contribution in [3.05, 3.63) is 79.7 Å². The van der Waals surface area contributed by atoms with Gasteiger partial charge in [-0.15, -0.1) is 16.4 Å².